The van der Waals surface area contributed by atoms with E-state index in [1.54, 1.807) is 0 Å². The lowest BCUT2D eigenvalue weighted by Crippen LogP contribution is -2.03. The maximum atomic E-state index is 4.58. The summed E-state index contributed by atoms with van der Waals surface area (Å²) >= 11 is 7.13. The normalized spacial score (nSPS) is 11.0. The van der Waals surface area contributed by atoms with Crippen molar-refractivity contribution in [3.05, 3.63) is 129 Å². The van der Waals surface area contributed by atoms with Gasteiger partial charge < -0.3 is 0 Å². The average Bonchev–Trinajstić information content (AvgIpc) is 3.49. The Morgan fingerprint density at radius 3 is 1.97 bits per heavy atom. The van der Waals surface area contributed by atoms with Crippen LogP contribution in [-0.2, 0) is 13.1 Å². The van der Waals surface area contributed by atoms with Crippen LogP contribution in [0.5, 0.6) is 0 Å². The zero-order valence-electron chi connectivity index (χ0n) is 20.2. The summed E-state index contributed by atoms with van der Waals surface area (Å²) in [7, 11) is 0. The van der Waals surface area contributed by atoms with Crippen LogP contribution in [0.25, 0.3) is 21.8 Å². The van der Waals surface area contributed by atoms with Crippen LogP contribution >= 0.6 is 31.9 Å². The molecule has 0 bridgehead atoms. The Morgan fingerprint density at radius 2 is 1.28 bits per heavy atom. The predicted octanol–water partition coefficient (Wildman–Crippen LogP) is 8.31. The van der Waals surface area contributed by atoms with E-state index in [1.807, 2.05) is 45.9 Å². The topological polar surface area (TPSA) is 35.6 Å². The first-order valence-corrected chi connectivity index (χ1v) is 13.4. The summed E-state index contributed by atoms with van der Waals surface area (Å²) in [6.45, 7) is 5.87. The minimum Gasteiger partial charge on any atom is -0.267 e. The second-order valence-corrected chi connectivity index (χ2v) is 10.5. The predicted molar refractivity (Wildman–Crippen MR) is 155 cm³/mol. The molecular weight excluding hydrogens is 576 g/mol. The van der Waals surface area contributed by atoms with E-state index < -0.39 is 0 Å². The van der Waals surface area contributed by atoms with E-state index in [0.29, 0.717) is 0 Å². The molecule has 0 aliphatic carbocycles. The fraction of sp³-hybridized carbons (Fsp3) is 0.133. The number of benzene rings is 4. The third-order valence-electron chi connectivity index (χ3n) is 6.42. The second kappa shape index (κ2) is 10.8. The highest BCUT2D eigenvalue weighted by Gasteiger charge is 2.07. The van der Waals surface area contributed by atoms with Crippen molar-refractivity contribution in [2.75, 3.05) is 0 Å². The van der Waals surface area contributed by atoms with Gasteiger partial charge in [0, 0.05) is 25.9 Å². The molecule has 0 aliphatic heterocycles. The number of nitrogens with zero attached hydrogens (tertiary/aromatic N) is 4. The van der Waals surface area contributed by atoms with Crippen molar-refractivity contribution < 1.29 is 0 Å². The Hall–Kier alpha value is -3.22. The highest BCUT2D eigenvalue weighted by molar-refractivity contribution is 9.10. The van der Waals surface area contributed by atoms with Crippen molar-refractivity contribution in [1.29, 1.82) is 0 Å². The molecule has 0 aliphatic rings. The first-order chi connectivity index (χ1) is 17.5. The van der Waals surface area contributed by atoms with Gasteiger partial charge in [-0.3, -0.25) is 9.36 Å². The first-order valence-electron chi connectivity index (χ1n) is 11.8. The van der Waals surface area contributed by atoms with E-state index in [1.165, 1.54) is 38.5 Å². The summed E-state index contributed by atoms with van der Waals surface area (Å²) in [6.07, 6.45) is 4.01. The quantitative estimate of drug-likeness (QED) is 0.204. The number of aromatic nitrogens is 4. The van der Waals surface area contributed by atoms with Gasteiger partial charge in [-0.05, 0) is 60.4 Å². The van der Waals surface area contributed by atoms with E-state index in [9.17, 15) is 0 Å². The van der Waals surface area contributed by atoms with Gasteiger partial charge in [-0.15, -0.1) is 0 Å². The highest BCUT2D eigenvalue weighted by Crippen LogP contribution is 2.22. The molecule has 2 aromatic heterocycles. The van der Waals surface area contributed by atoms with Crippen LogP contribution in [0.1, 0.15) is 22.3 Å². The minimum absolute atomic E-state index is 0.804. The van der Waals surface area contributed by atoms with Crippen LogP contribution in [-0.4, -0.2) is 19.6 Å². The van der Waals surface area contributed by atoms with Gasteiger partial charge in [-0.25, -0.2) is 0 Å². The molecule has 0 unspecified atom stereocenters. The molecule has 0 N–H and O–H groups in total. The van der Waals surface area contributed by atoms with E-state index in [0.717, 1.165) is 27.6 Å². The molecule has 0 amide bonds. The Kier molecular flexibility index (Phi) is 7.35. The minimum atomic E-state index is 0.804. The maximum Gasteiger partial charge on any atom is 0.0923 e. The number of hydrogen-bond donors (Lipinski definition) is 0. The highest BCUT2D eigenvalue weighted by atomic mass is 79.9. The number of para-hydroxylation sites is 1. The van der Waals surface area contributed by atoms with E-state index in [4.69, 9.17) is 0 Å². The molecule has 0 radical (unpaired) electrons. The molecule has 180 valence electrons. The van der Waals surface area contributed by atoms with Gasteiger partial charge in [0.15, 0.2) is 0 Å². The Morgan fingerprint density at radius 1 is 0.667 bits per heavy atom. The SMILES string of the molecule is Cc1c(Br)cccc1Cn1cc2ccccc2n1.Cc1c(Br)cccc1Cn1ncc2ccccc21. The Bertz CT molecular complexity index is 1610. The average molecular weight is 602 g/mol. The molecule has 0 fully saturated rings. The maximum absolute atomic E-state index is 4.58. The number of fused-ring (bicyclic) bond motifs is 2. The Balaban J connectivity index is 0.000000148. The standard InChI is InChI=1S/2C15H13BrN2/c1-11-12(6-4-7-14(11)16)9-18-10-13-5-2-3-8-15(13)17-18;1-11-13(6-4-7-14(11)16)10-18-15-8-3-2-5-12(15)9-17-18/h2-8,10H,9H2,1H3;2-9H,10H2,1H3. The summed E-state index contributed by atoms with van der Waals surface area (Å²) in [5.74, 6) is 0. The molecule has 6 rings (SSSR count). The number of hydrogen-bond acceptors (Lipinski definition) is 2. The molecule has 6 heteroatoms. The first kappa shape index (κ1) is 24.5. The number of rotatable bonds is 4. The van der Waals surface area contributed by atoms with Gasteiger partial charge in [-0.1, -0.05) is 92.5 Å². The second-order valence-electron chi connectivity index (χ2n) is 8.79. The van der Waals surface area contributed by atoms with Gasteiger partial charge >= 0.3 is 0 Å². The van der Waals surface area contributed by atoms with E-state index in [2.05, 4.69) is 117 Å². The van der Waals surface area contributed by atoms with Crippen LogP contribution in [0, 0.1) is 13.8 Å². The molecular formula is C30H26Br2N4. The van der Waals surface area contributed by atoms with Gasteiger partial charge in [-0.2, -0.15) is 10.2 Å². The van der Waals surface area contributed by atoms with Crippen molar-refractivity contribution in [2.45, 2.75) is 26.9 Å². The molecule has 6 aromatic rings. The molecule has 2 heterocycles. The van der Waals surface area contributed by atoms with E-state index in [-0.39, 0.29) is 0 Å². The largest absolute Gasteiger partial charge is 0.267 e. The van der Waals surface area contributed by atoms with Crippen molar-refractivity contribution in [1.82, 2.24) is 19.6 Å². The Labute approximate surface area is 227 Å². The zero-order valence-corrected chi connectivity index (χ0v) is 23.4. The fourth-order valence-corrected chi connectivity index (χ4v) is 5.05. The monoisotopic (exact) mass is 600 g/mol. The smallest absolute Gasteiger partial charge is 0.0923 e. The van der Waals surface area contributed by atoms with Crippen LogP contribution in [0.4, 0.5) is 0 Å². The molecule has 4 nitrogen and oxygen atoms in total. The van der Waals surface area contributed by atoms with Gasteiger partial charge in [0.2, 0.25) is 0 Å². The summed E-state index contributed by atoms with van der Waals surface area (Å²) in [5.41, 5.74) is 7.35. The van der Waals surface area contributed by atoms with Gasteiger partial charge in [0.05, 0.1) is 30.3 Å². The lowest BCUT2D eigenvalue weighted by atomic mass is 10.1. The van der Waals surface area contributed by atoms with Gasteiger partial charge in [0.25, 0.3) is 0 Å². The molecule has 0 atom stereocenters. The van der Waals surface area contributed by atoms with Crippen molar-refractivity contribution in [2.24, 2.45) is 0 Å². The van der Waals surface area contributed by atoms with Crippen LogP contribution in [0.3, 0.4) is 0 Å². The summed E-state index contributed by atoms with van der Waals surface area (Å²) in [5, 5.41) is 11.4. The van der Waals surface area contributed by atoms with Crippen molar-refractivity contribution in [3.8, 4) is 0 Å². The third-order valence-corrected chi connectivity index (χ3v) is 8.14. The zero-order chi connectivity index (χ0) is 25.1. The molecule has 0 spiro atoms. The van der Waals surface area contributed by atoms with Gasteiger partial charge in [0.1, 0.15) is 0 Å². The molecule has 36 heavy (non-hydrogen) atoms. The van der Waals surface area contributed by atoms with E-state index >= 15 is 0 Å². The number of halogens is 2. The summed E-state index contributed by atoms with van der Waals surface area (Å²) < 4.78 is 6.34. The fourth-order valence-electron chi connectivity index (χ4n) is 4.23. The molecule has 0 saturated heterocycles. The van der Waals surface area contributed by atoms with Crippen molar-refractivity contribution >= 4 is 53.7 Å². The summed E-state index contributed by atoms with van der Waals surface area (Å²) in [4.78, 5) is 0. The summed E-state index contributed by atoms with van der Waals surface area (Å²) in [6, 6.07) is 29.0. The lowest BCUT2D eigenvalue weighted by Gasteiger charge is -2.08. The van der Waals surface area contributed by atoms with Crippen LogP contribution in [0.15, 0.2) is 106 Å². The molecule has 0 saturated carbocycles. The van der Waals surface area contributed by atoms with Crippen molar-refractivity contribution in [3.63, 3.8) is 0 Å². The van der Waals surface area contributed by atoms with Crippen LogP contribution < -0.4 is 0 Å². The van der Waals surface area contributed by atoms with Crippen LogP contribution in [0.2, 0.25) is 0 Å². The molecule has 4 aromatic carbocycles. The lowest BCUT2D eigenvalue weighted by molar-refractivity contribution is 0.692. The third kappa shape index (κ3) is 5.30.